The van der Waals surface area contributed by atoms with Crippen LogP contribution in [0.4, 0.5) is 11.4 Å². The highest BCUT2D eigenvalue weighted by Gasteiger charge is 2.26. The number of carbonyl (C=O) groups excluding carboxylic acids is 1. The molecule has 0 fully saturated rings. The van der Waals surface area contributed by atoms with Crippen LogP contribution in [0.2, 0.25) is 5.15 Å². The van der Waals surface area contributed by atoms with Crippen LogP contribution >= 0.6 is 11.6 Å². The quantitative estimate of drug-likeness (QED) is 0.827. The number of hydrogen-bond donors (Lipinski definition) is 2. The summed E-state index contributed by atoms with van der Waals surface area (Å²) < 4.78 is 0. The molecule has 0 bridgehead atoms. The number of hydrogen-bond acceptors (Lipinski definition) is 3. The van der Waals surface area contributed by atoms with Crippen LogP contribution < -0.4 is 10.6 Å². The number of anilines is 2. The Labute approximate surface area is 115 Å². The molecule has 19 heavy (non-hydrogen) atoms. The summed E-state index contributed by atoms with van der Waals surface area (Å²) in [6.07, 6.45) is 2.26. The Hall–Kier alpha value is -2.07. The molecule has 1 atom stereocenters. The van der Waals surface area contributed by atoms with Crippen LogP contribution in [-0.2, 0) is 11.2 Å². The lowest BCUT2D eigenvalue weighted by Gasteiger charge is -2.11. The Balaban J connectivity index is 1.70. The molecule has 2 heterocycles. The summed E-state index contributed by atoms with van der Waals surface area (Å²) in [6, 6.07) is 11.0. The van der Waals surface area contributed by atoms with Crippen molar-refractivity contribution in [2.75, 3.05) is 10.6 Å². The Morgan fingerprint density at radius 2 is 2.21 bits per heavy atom. The average Bonchev–Trinajstić information content (AvgIpc) is 2.82. The molecule has 1 amide bonds. The smallest absolute Gasteiger partial charge is 0.247 e. The van der Waals surface area contributed by atoms with Crippen LogP contribution in [0.15, 0.2) is 42.6 Å². The molecule has 1 aromatic carbocycles. The van der Waals surface area contributed by atoms with Crippen molar-refractivity contribution in [1.29, 1.82) is 0 Å². The molecule has 0 aliphatic carbocycles. The first-order valence-corrected chi connectivity index (χ1v) is 6.37. The molecule has 5 heteroatoms. The van der Waals surface area contributed by atoms with Crippen LogP contribution in [-0.4, -0.2) is 16.9 Å². The van der Waals surface area contributed by atoms with Gasteiger partial charge in [0.2, 0.25) is 5.91 Å². The molecular formula is C14H12ClN3O. The largest absolute Gasteiger partial charge is 0.373 e. The van der Waals surface area contributed by atoms with Crippen LogP contribution in [0.1, 0.15) is 5.56 Å². The Morgan fingerprint density at radius 1 is 1.37 bits per heavy atom. The zero-order chi connectivity index (χ0) is 13.2. The molecular weight excluding hydrogens is 262 g/mol. The van der Waals surface area contributed by atoms with Crippen molar-refractivity contribution in [3.8, 4) is 0 Å². The average molecular weight is 274 g/mol. The van der Waals surface area contributed by atoms with Gasteiger partial charge in [-0.2, -0.15) is 0 Å². The molecule has 1 aliphatic rings. The minimum Gasteiger partial charge on any atom is -0.373 e. The summed E-state index contributed by atoms with van der Waals surface area (Å²) in [5, 5.41) is 6.40. The van der Waals surface area contributed by atoms with Crippen molar-refractivity contribution in [3.05, 3.63) is 53.3 Å². The van der Waals surface area contributed by atoms with E-state index in [1.54, 1.807) is 18.3 Å². The van der Waals surface area contributed by atoms with E-state index >= 15 is 0 Å². The number of nitrogens with zero attached hydrogens (tertiary/aromatic N) is 1. The third-order valence-electron chi connectivity index (χ3n) is 3.08. The minimum atomic E-state index is -0.246. The molecule has 0 spiro atoms. The number of amides is 1. The van der Waals surface area contributed by atoms with Crippen molar-refractivity contribution < 1.29 is 4.79 Å². The standard InChI is InChI=1S/C14H12ClN3O/c15-13-8-10(5-6-16-13)17-14(19)12-7-9-3-1-2-4-11(9)18-12/h1-6,8,12,18H,7H2,(H,16,17,19)/t12-/m0/s1. The number of para-hydroxylation sites is 1. The fourth-order valence-electron chi connectivity index (χ4n) is 2.17. The zero-order valence-corrected chi connectivity index (χ0v) is 10.8. The van der Waals surface area contributed by atoms with E-state index in [9.17, 15) is 4.79 Å². The zero-order valence-electron chi connectivity index (χ0n) is 10.1. The van der Waals surface area contributed by atoms with E-state index in [0.29, 0.717) is 17.3 Å². The van der Waals surface area contributed by atoms with Gasteiger partial charge in [0.25, 0.3) is 0 Å². The molecule has 0 unspecified atom stereocenters. The third kappa shape index (κ3) is 2.53. The summed E-state index contributed by atoms with van der Waals surface area (Å²) in [5.41, 5.74) is 2.84. The summed E-state index contributed by atoms with van der Waals surface area (Å²) in [5.74, 6) is -0.0709. The van der Waals surface area contributed by atoms with Crippen LogP contribution in [0.25, 0.3) is 0 Å². The third-order valence-corrected chi connectivity index (χ3v) is 3.29. The van der Waals surface area contributed by atoms with Crippen molar-refractivity contribution in [2.24, 2.45) is 0 Å². The number of aromatic nitrogens is 1. The van der Waals surface area contributed by atoms with E-state index in [2.05, 4.69) is 15.6 Å². The van der Waals surface area contributed by atoms with Gasteiger partial charge in [-0.15, -0.1) is 0 Å². The number of halogens is 1. The maximum atomic E-state index is 12.2. The maximum Gasteiger partial charge on any atom is 0.247 e. The summed E-state index contributed by atoms with van der Waals surface area (Å²) >= 11 is 5.78. The van der Waals surface area contributed by atoms with E-state index in [1.807, 2.05) is 24.3 Å². The highest BCUT2D eigenvalue weighted by atomic mass is 35.5. The van der Waals surface area contributed by atoms with Gasteiger partial charge in [-0.1, -0.05) is 29.8 Å². The Morgan fingerprint density at radius 3 is 3.00 bits per heavy atom. The Bertz CT molecular complexity index is 605. The van der Waals surface area contributed by atoms with Crippen molar-refractivity contribution in [2.45, 2.75) is 12.5 Å². The number of carbonyl (C=O) groups is 1. The predicted molar refractivity (Wildman–Crippen MR) is 75.4 cm³/mol. The van der Waals surface area contributed by atoms with Crippen molar-refractivity contribution in [1.82, 2.24) is 4.98 Å². The number of fused-ring (bicyclic) bond motifs is 1. The molecule has 4 nitrogen and oxygen atoms in total. The lowest BCUT2D eigenvalue weighted by atomic mass is 10.1. The second-order valence-electron chi connectivity index (χ2n) is 4.41. The number of nitrogens with one attached hydrogen (secondary N) is 2. The fraction of sp³-hybridized carbons (Fsp3) is 0.143. The maximum absolute atomic E-state index is 12.2. The van der Waals surface area contributed by atoms with E-state index in [0.717, 1.165) is 11.3 Å². The number of rotatable bonds is 2. The summed E-state index contributed by atoms with van der Waals surface area (Å²) in [6.45, 7) is 0. The highest BCUT2D eigenvalue weighted by Crippen LogP contribution is 2.25. The summed E-state index contributed by atoms with van der Waals surface area (Å²) in [7, 11) is 0. The molecule has 0 saturated carbocycles. The van der Waals surface area contributed by atoms with Gasteiger partial charge < -0.3 is 10.6 Å². The van der Waals surface area contributed by atoms with E-state index in [4.69, 9.17) is 11.6 Å². The van der Waals surface area contributed by atoms with E-state index < -0.39 is 0 Å². The summed E-state index contributed by atoms with van der Waals surface area (Å²) in [4.78, 5) is 16.0. The second-order valence-corrected chi connectivity index (χ2v) is 4.80. The first-order chi connectivity index (χ1) is 9.22. The van der Waals surface area contributed by atoms with E-state index in [-0.39, 0.29) is 11.9 Å². The molecule has 2 aromatic rings. The SMILES string of the molecule is O=C(Nc1ccnc(Cl)c1)[C@@H]1Cc2ccccc2N1. The number of benzene rings is 1. The monoisotopic (exact) mass is 273 g/mol. The van der Waals surface area contributed by atoms with Crippen LogP contribution in [0.3, 0.4) is 0 Å². The van der Waals surface area contributed by atoms with Gasteiger partial charge in [-0.05, 0) is 23.8 Å². The normalized spacial score (nSPS) is 16.6. The van der Waals surface area contributed by atoms with E-state index in [1.165, 1.54) is 0 Å². The van der Waals surface area contributed by atoms with Gasteiger partial charge >= 0.3 is 0 Å². The van der Waals surface area contributed by atoms with Gasteiger partial charge in [-0.25, -0.2) is 4.98 Å². The molecule has 1 aromatic heterocycles. The molecule has 0 saturated heterocycles. The van der Waals surface area contributed by atoms with Crippen molar-refractivity contribution >= 4 is 28.9 Å². The first kappa shape index (κ1) is 12.0. The molecule has 0 radical (unpaired) electrons. The van der Waals surface area contributed by atoms with Crippen molar-refractivity contribution in [3.63, 3.8) is 0 Å². The molecule has 3 rings (SSSR count). The topological polar surface area (TPSA) is 54.0 Å². The molecule has 1 aliphatic heterocycles. The van der Waals surface area contributed by atoms with Gasteiger partial charge in [0.15, 0.2) is 0 Å². The van der Waals surface area contributed by atoms with Crippen LogP contribution in [0, 0.1) is 0 Å². The highest BCUT2D eigenvalue weighted by molar-refractivity contribution is 6.29. The lowest BCUT2D eigenvalue weighted by Crippen LogP contribution is -2.32. The van der Waals surface area contributed by atoms with Gasteiger partial charge in [0, 0.05) is 24.0 Å². The van der Waals surface area contributed by atoms with Gasteiger partial charge in [0.1, 0.15) is 11.2 Å². The number of pyridine rings is 1. The van der Waals surface area contributed by atoms with Gasteiger partial charge in [0.05, 0.1) is 0 Å². The minimum absolute atomic E-state index is 0.0709. The second kappa shape index (κ2) is 4.90. The van der Waals surface area contributed by atoms with Crippen LogP contribution in [0.5, 0.6) is 0 Å². The lowest BCUT2D eigenvalue weighted by molar-refractivity contribution is -0.116. The van der Waals surface area contributed by atoms with Gasteiger partial charge in [-0.3, -0.25) is 4.79 Å². The first-order valence-electron chi connectivity index (χ1n) is 5.99. The molecule has 2 N–H and O–H groups in total. The molecule has 96 valence electrons. The Kier molecular flexibility index (Phi) is 3.09. The predicted octanol–water partition coefficient (Wildman–Crippen LogP) is 2.71. The fourth-order valence-corrected chi connectivity index (χ4v) is 2.34.